The molecule has 0 aliphatic carbocycles. The van der Waals surface area contributed by atoms with Gasteiger partial charge >= 0.3 is 5.97 Å². The average molecular weight is 411 g/mol. The highest BCUT2D eigenvalue weighted by Gasteiger charge is 2.09. The number of rotatable bonds is 11. The summed E-state index contributed by atoms with van der Waals surface area (Å²) >= 11 is 0. The highest BCUT2D eigenvalue weighted by atomic mass is 16.5. The third-order valence-electron chi connectivity index (χ3n) is 4.64. The topological polar surface area (TPSA) is 75.7 Å². The first kappa shape index (κ1) is 23.1. The van der Waals surface area contributed by atoms with Crippen molar-refractivity contribution in [3.8, 4) is 0 Å². The van der Waals surface area contributed by atoms with Crippen LogP contribution in [0.2, 0.25) is 0 Å². The molecule has 2 aromatic rings. The molecule has 0 saturated heterocycles. The molecule has 6 nitrogen and oxygen atoms in total. The van der Waals surface area contributed by atoms with E-state index in [4.69, 9.17) is 4.74 Å². The predicted octanol–water partition coefficient (Wildman–Crippen LogP) is 3.60. The van der Waals surface area contributed by atoms with Gasteiger partial charge in [-0.15, -0.1) is 0 Å². The second-order valence-electron chi connectivity index (χ2n) is 7.34. The van der Waals surface area contributed by atoms with Gasteiger partial charge in [-0.2, -0.15) is 0 Å². The lowest BCUT2D eigenvalue weighted by Gasteiger charge is -2.10. The van der Waals surface area contributed by atoms with Crippen LogP contribution in [0.25, 0.3) is 0 Å². The van der Waals surface area contributed by atoms with Crippen LogP contribution in [0.4, 0.5) is 5.69 Å². The Hall–Kier alpha value is -3.15. The molecule has 160 valence electrons. The predicted molar refractivity (Wildman–Crippen MR) is 117 cm³/mol. The van der Waals surface area contributed by atoms with Gasteiger partial charge in [-0.1, -0.05) is 42.5 Å². The summed E-state index contributed by atoms with van der Waals surface area (Å²) in [6.07, 6.45) is 2.86. The third-order valence-corrected chi connectivity index (χ3v) is 4.64. The Morgan fingerprint density at radius 1 is 0.833 bits per heavy atom. The van der Waals surface area contributed by atoms with Crippen molar-refractivity contribution in [2.75, 3.05) is 26.0 Å². The zero-order valence-electron chi connectivity index (χ0n) is 17.7. The van der Waals surface area contributed by atoms with Gasteiger partial charge in [0.15, 0.2) is 0 Å². The van der Waals surface area contributed by atoms with E-state index in [1.54, 1.807) is 31.1 Å². The maximum absolute atomic E-state index is 12.0. The molecule has 0 radical (unpaired) electrons. The summed E-state index contributed by atoms with van der Waals surface area (Å²) in [6.45, 7) is 0.354. The Morgan fingerprint density at radius 3 is 2.17 bits per heavy atom. The van der Waals surface area contributed by atoms with E-state index in [0.717, 1.165) is 18.4 Å². The average Bonchev–Trinajstić information content (AvgIpc) is 2.75. The fourth-order valence-corrected chi connectivity index (χ4v) is 2.85. The molecular formula is C24H30N2O4. The van der Waals surface area contributed by atoms with Crippen molar-refractivity contribution < 1.29 is 19.1 Å². The fraction of sp³-hybridized carbons (Fsp3) is 0.375. The van der Waals surface area contributed by atoms with Gasteiger partial charge in [-0.25, -0.2) is 0 Å². The number of carbonyl (C=O) groups excluding carboxylic acids is 3. The number of benzene rings is 2. The molecule has 6 heteroatoms. The van der Waals surface area contributed by atoms with E-state index in [-0.39, 0.29) is 30.6 Å². The minimum absolute atomic E-state index is 0.0574. The lowest BCUT2D eigenvalue weighted by molar-refractivity contribution is -0.144. The summed E-state index contributed by atoms with van der Waals surface area (Å²) in [5.41, 5.74) is 2.91. The first-order valence-corrected chi connectivity index (χ1v) is 10.2. The number of carbonyl (C=O) groups is 3. The summed E-state index contributed by atoms with van der Waals surface area (Å²) in [5.74, 6) is -0.509. The van der Waals surface area contributed by atoms with Crippen LogP contribution < -0.4 is 5.32 Å². The van der Waals surface area contributed by atoms with E-state index in [1.807, 2.05) is 42.5 Å². The molecule has 0 fully saturated rings. The maximum atomic E-state index is 12.0. The normalized spacial score (nSPS) is 10.3. The largest absolute Gasteiger partial charge is 0.466 e. The number of hydrogen-bond donors (Lipinski definition) is 1. The van der Waals surface area contributed by atoms with Crippen LogP contribution >= 0.6 is 0 Å². The number of ether oxygens (including phenoxy) is 1. The van der Waals surface area contributed by atoms with Crippen molar-refractivity contribution in [3.05, 3.63) is 65.7 Å². The Balaban J connectivity index is 1.61. The number of anilines is 1. The van der Waals surface area contributed by atoms with Gasteiger partial charge in [0.05, 0.1) is 13.0 Å². The second kappa shape index (κ2) is 12.4. The van der Waals surface area contributed by atoms with Crippen molar-refractivity contribution in [3.63, 3.8) is 0 Å². The number of aryl methyl sites for hydroxylation is 2. The number of hydrogen-bond acceptors (Lipinski definition) is 4. The molecule has 0 saturated carbocycles. The number of nitrogens with zero attached hydrogens (tertiary/aromatic N) is 1. The number of esters is 1. The van der Waals surface area contributed by atoms with Crippen LogP contribution in [0, 0.1) is 0 Å². The van der Waals surface area contributed by atoms with Crippen molar-refractivity contribution in [1.29, 1.82) is 0 Å². The Bertz CT molecular complexity index is 817. The van der Waals surface area contributed by atoms with Gasteiger partial charge in [0.25, 0.3) is 0 Å². The standard InChI is InChI=1S/C24H30N2O4/c1-26(2)23(28)16-12-20-10-13-21(14-11-20)25-22(27)15-17-24(29)30-18-6-9-19-7-4-3-5-8-19/h3-5,7-8,10-11,13-14H,6,9,12,15-18H2,1-2H3,(H,25,27). The molecule has 2 aromatic carbocycles. The highest BCUT2D eigenvalue weighted by Crippen LogP contribution is 2.12. The molecule has 0 bridgehead atoms. The van der Waals surface area contributed by atoms with Gasteiger partial charge in [0.1, 0.15) is 0 Å². The molecule has 30 heavy (non-hydrogen) atoms. The lowest BCUT2D eigenvalue weighted by atomic mass is 10.1. The second-order valence-corrected chi connectivity index (χ2v) is 7.34. The van der Waals surface area contributed by atoms with Gasteiger partial charge in [0.2, 0.25) is 11.8 Å². The van der Waals surface area contributed by atoms with E-state index in [1.165, 1.54) is 5.56 Å². The molecule has 0 aliphatic heterocycles. The fourth-order valence-electron chi connectivity index (χ4n) is 2.85. The Labute approximate surface area is 178 Å². The van der Waals surface area contributed by atoms with E-state index < -0.39 is 0 Å². The molecule has 0 spiro atoms. The molecule has 0 atom stereocenters. The summed E-state index contributed by atoms with van der Waals surface area (Å²) in [5, 5.41) is 2.77. The van der Waals surface area contributed by atoms with E-state index in [2.05, 4.69) is 5.32 Å². The zero-order valence-corrected chi connectivity index (χ0v) is 17.7. The zero-order chi connectivity index (χ0) is 21.8. The lowest BCUT2D eigenvalue weighted by Crippen LogP contribution is -2.21. The Morgan fingerprint density at radius 2 is 1.50 bits per heavy atom. The number of nitrogens with one attached hydrogen (secondary N) is 1. The quantitative estimate of drug-likeness (QED) is 0.454. The van der Waals surface area contributed by atoms with E-state index in [9.17, 15) is 14.4 Å². The number of amides is 2. The molecule has 0 heterocycles. The van der Waals surface area contributed by atoms with Crippen molar-refractivity contribution >= 4 is 23.5 Å². The first-order chi connectivity index (χ1) is 14.4. The van der Waals surface area contributed by atoms with E-state index in [0.29, 0.717) is 25.1 Å². The molecule has 0 aliphatic rings. The monoisotopic (exact) mass is 410 g/mol. The Kier molecular flexibility index (Phi) is 9.58. The van der Waals surface area contributed by atoms with Crippen molar-refractivity contribution in [1.82, 2.24) is 4.90 Å². The smallest absolute Gasteiger partial charge is 0.306 e. The van der Waals surface area contributed by atoms with Crippen LogP contribution in [-0.4, -0.2) is 43.4 Å². The summed E-state index contributed by atoms with van der Waals surface area (Å²) in [6, 6.07) is 17.4. The van der Waals surface area contributed by atoms with Crippen LogP contribution in [0.15, 0.2) is 54.6 Å². The molecule has 0 aromatic heterocycles. The molecule has 0 unspecified atom stereocenters. The molecular weight excluding hydrogens is 380 g/mol. The third kappa shape index (κ3) is 8.90. The van der Waals surface area contributed by atoms with Gasteiger partial charge in [-0.05, 0) is 42.5 Å². The van der Waals surface area contributed by atoms with E-state index >= 15 is 0 Å². The van der Waals surface area contributed by atoms with Crippen molar-refractivity contribution in [2.24, 2.45) is 0 Å². The SMILES string of the molecule is CN(C)C(=O)CCc1ccc(NC(=O)CCC(=O)OCCCc2ccccc2)cc1. The highest BCUT2D eigenvalue weighted by molar-refractivity contribution is 5.92. The summed E-state index contributed by atoms with van der Waals surface area (Å²) in [4.78, 5) is 37.0. The van der Waals surface area contributed by atoms with Crippen LogP contribution in [0.3, 0.4) is 0 Å². The van der Waals surface area contributed by atoms with Crippen LogP contribution in [0.5, 0.6) is 0 Å². The molecule has 1 N–H and O–H groups in total. The first-order valence-electron chi connectivity index (χ1n) is 10.2. The van der Waals surface area contributed by atoms with Crippen molar-refractivity contribution in [2.45, 2.75) is 38.5 Å². The van der Waals surface area contributed by atoms with Gasteiger partial charge < -0.3 is 15.0 Å². The van der Waals surface area contributed by atoms with Gasteiger partial charge in [0, 0.05) is 32.6 Å². The van der Waals surface area contributed by atoms with Gasteiger partial charge in [-0.3, -0.25) is 14.4 Å². The minimum Gasteiger partial charge on any atom is -0.466 e. The summed E-state index contributed by atoms with van der Waals surface area (Å²) in [7, 11) is 3.48. The molecule has 2 amide bonds. The summed E-state index contributed by atoms with van der Waals surface area (Å²) < 4.78 is 5.19. The van der Waals surface area contributed by atoms with Crippen LogP contribution in [-0.2, 0) is 32.0 Å². The maximum Gasteiger partial charge on any atom is 0.306 e. The van der Waals surface area contributed by atoms with Crippen LogP contribution in [0.1, 0.15) is 36.8 Å². The minimum atomic E-state index is -0.362. The molecule has 2 rings (SSSR count).